The monoisotopic (exact) mass is 507 g/mol. The molecule has 6 nitrogen and oxygen atoms in total. The van der Waals surface area contributed by atoms with Crippen LogP contribution in [-0.2, 0) is 6.54 Å². The molecule has 2 N–H and O–H groups in total. The van der Waals surface area contributed by atoms with Crippen LogP contribution in [0.5, 0.6) is 11.5 Å². The molecule has 1 fully saturated rings. The van der Waals surface area contributed by atoms with Crippen molar-refractivity contribution in [3.8, 4) is 22.6 Å². The van der Waals surface area contributed by atoms with Gasteiger partial charge in [-0.3, -0.25) is 4.90 Å². The van der Waals surface area contributed by atoms with Crippen LogP contribution in [0.3, 0.4) is 0 Å². The Morgan fingerprint density at radius 2 is 1.86 bits per heavy atom. The number of rotatable bonds is 5. The zero-order chi connectivity index (χ0) is 23.8. The van der Waals surface area contributed by atoms with Crippen LogP contribution in [-0.4, -0.2) is 46.8 Å². The zero-order valence-corrected chi connectivity index (χ0v) is 20.7. The van der Waals surface area contributed by atoms with E-state index < -0.39 is 0 Å². The van der Waals surface area contributed by atoms with Gasteiger partial charge < -0.3 is 19.9 Å². The van der Waals surface area contributed by atoms with Gasteiger partial charge in [0.15, 0.2) is 17.3 Å². The smallest absolute Gasteiger partial charge is 0.161 e. The molecule has 1 saturated heterocycles. The van der Waals surface area contributed by atoms with Crippen LogP contribution in [0.1, 0.15) is 18.4 Å². The van der Waals surface area contributed by atoms with E-state index in [1.165, 1.54) is 17.1 Å². The number of likely N-dealkylation sites (tertiary alicyclic amines) is 1. The SMILES string of the molecule is OC1CCN(Cc2ccc(Nc3nsc4c(-c5ccc6c(c5)OCCO6)cccc34)c(Cl)c2)CC1. The molecule has 0 bridgehead atoms. The van der Waals surface area contributed by atoms with E-state index in [0.29, 0.717) is 18.2 Å². The number of ether oxygens (including phenoxy) is 2. The maximum Gasteiger partial charge on any atom is 0.161 e. The van der Waals surface area contributed by atoms with Crippen molar-refractivity contribution < 1.29 is 14.6 Å². The van der Waals surface area contributed by atoms with E-state index in [9.17, 15) is 5.11 Å². The average Bonchev–Trinajstić information content (AvgIpc) is 3.30. The number of nitrogens with one attached hydrogen (secondary N) is 1. The Kier molecular flexibility index (Phi) is 6.24. The molecule has 0 aliphatic carbocycles. The van der Waals surface area contributed by atoms with E-state index in [-0.39, 0.29) is 6.10 Å². The number of nitrogens with zero attached hydrogens (tertiary/aromatic N) is 2. The maximum absolute atomic E-state index is 9.73. The van der Waals surface area contributed by atoms with Crippen LogP contribution >= 0.6 is 23.1 Å². The topological polar surface area (TPSA) is 66.9 Å². The van der Waals surface area contributed by atoms with Gasteiger partial charge in [0, 0.05) is 30.6 Å². The van der Waals surface area contributed by atoms with Crippen LogP contribution in [0.15, 0.2) is 54.6 Å². The highest BCUT2D eigenvalue weighted by Crippen LogP contribution is 2.40. The molecular formula is C27H26ClN3O3S. The zero-order valence-electron chi connectivity index (χ0n) is 19.2. The molecule has 4 aromatic rings. The summed E-state index contributed by atoms with van der Waals surface area (Å²) in [5.41, 5.74) is 4.18. The number of hydrogen-bond acceptors (Lipinski definition) is 7. The fourth-order valence-electron chi connectivity index (χ4n) is 4.71. The standard InChI is InChI=1S/C27H26ClN3O3S/c28-22-14-17(16-31-10-8-19(32)9-11-31)4-6-23(22)29-27-21-3-1-2-20(26(21)35-30-27)18-5-7-24-25(15-18)34-13-12-33-24/h1-7,14-15,19,32H,8-13,16H2,(H,29,30). The van der Waals surface area contributed by atoms with Gasteiger partial charge >= 0.3 is 0 Å². The van der Waals surface area contributed by atoms with E-state index in [1.54, 1.807) is 0 Å². The lowest BCUT2D eigenvalue weighted by molar-refractivity contribution is 0.0792. The maximum atomic E-state index is 9.73. The molecule has 2 aliphatic heterocycles. The van der Waals surface area contributed by atoms with E-state index in [0.717, 1.165) is 76.7 Å². The van der Waals surface area contributed by atoms with Crippen molar-refractivity contribution in [1.82, 2.24) is 9.27 Å². The lowest BCUT2D eigenvalue weighted by Gasteiger charge is -2.29. The number of piperidine rings is 1. The number of aliphatic hydroxyl groups is 1. The Balaban J connectivity index is 1.23. The quantitative estimate of drug-likeness (QED) is 0.341. The number of aliphatic hydroxyl groups excluding tert-OH is 1. The van der Waals surface area contributed by atoms with Gasteiger partial charge in [-0.1, -0.05) is 35.9 Å². The first kappa shape index (κ1) is 22.6. The van der Waals surface area contributed by atoms with Gasteiger partial charge in [-0.2, -0.15) is 4.37 Å². The van der Waals surface area contributed by atoms with Crippen LogP contribution in [0.4, 0.5) is 11.5 Å². The summed E-state index contributed by atoms with van der Waals surface area (Å²) in [6, 6.07) is 18.4. The molecule has 6 rings (SSSR count). The summed E-state index contributed by atoms with van der Waals surface area (Å²) in [5.74, 6) is 2.36. The highest BCUT2D eigenvalue weighted by Gasteiger charge is 2.18. The van der Waals surface area contributed by atoms with Gasteiger partial charge in [0.05, 0.1) is 21.5 Å². The fraction of sp³-hybridized carbons (Fsp3) is 0.296. The number of benzene rings is 3. The normalized spacial score (nSPS) is 16.5. The van der Waals surface area contributed by atoms with Gasteiger partial charge in [-0.05, 0) is 65.8 Å². The molecule has 180 valence electrons. The molecule has 0 radical (unpaired) electrons. The highest BCUT2D eigenvalue weighted by atomic mass is 35.5. The van der Waals surface area contributed by atoms with Gasteiger partial charge in [0.1, 0.15) is 13.2 Å². The summed E-state index contributed by atoms with van der Waals surface area (Å²) < 4.78 is 17.3. The van der Waals surface area contributed by atoms with Crippen molar-refractivity contribution in [2.45, 2.75) is 25.5 Å². The Labute approximate surface area is 213 Å². The minimum absolute atomic E-state index is 0.163. The Hall–Kier alpha value is -2.84. The van der Waals surface area contributed by atoms with Crippen molar-refractivity contribution in [2.75, 3.05) is 31.6 Å². The molecule has 0 unspecified atom stereocenters. The second kappa shape index (κ2) is 9.66. The number of hydrogen-bond donors (Lipinski definition) is 2. The molecule has 0 spiro atoms. The largest absolute Gasteiger partial charge is 0.486 e. The fourth-order valence-corrected chi connectivity index (χ4v) is 5.84. The third-order valence-electron chi connectivity index (χ3n) is 6.60. The van der Waals surface area contributed by atoms with Gasteiger partial charge in [0.25, 0.3) is 0 Å². The minimum atomic E-state index is -0.163. The van der Waals surface area contributed by atoms with Crippen molar-refractivity contribution in [3.63, 3.8) is 0 Å². The first-order valence-corrected chi connectivity index (χ1v) is 13.0. The van der Waals surface area contributed by atoms with Gasteiger partial charge in [-0.15, -0.1) is 0 Å². The molecule has 3 heterocycles. The summed E-state index contributed by atoms with van der Waals surface area (Å²) in [6.45, 7) is 3.81. The van der Waals surface area contributed by atoms with Crippen LogP contribution in [0.2, 0.25) is 5.02 Å². The molecule has 8 heteroatoms. The number of anilines is 2. The Morgan fingerprint density at radius 1 is 1.03 bits per heavy atom. The number of halogens is 1. The summed E-state index contributed by atoms with van der Waals surface area (Å²) in [5, 5.41) is 14.9. The third-order valence-corrected chi connectivity index (χ3v) is 7.81. The Bertz CT molecular complexity index is 1370. The molecule has 1 aromatic heterocycles. The second-order valence-corrected chi connectivity index (χ2v) is 10.2. The number of fused-ring (bicyclic) bond motifs is 2. The Morgan fingerprint density at radius 3 is 2.69 bits per heavy atom. The molecular weight excluding hydrogens is 482 g/mol. The van der Waals surface area contributed by atoms with Crippen molar-refractivity contribution in [2.24, 2.45) is 0 Å². The predicted octanol–water partition coefficient (Wildman–Crippen LogP) is 6.09. The molecule has 0 atom stereocenters. The molecule has 3 aromatic carbocycles. The lowest BCUT2D eigenvalue weighted by Crippen LogP contribution is -2.35. The predicted molar refractivity (Wildman–Crippen MR) is 141 cm³/mol. The van der Waals surface area contributed by atoms with Crippen molar-refractivity contribution in [3.05, 3.63) is 65.2 Å². The third kappa shape index (κ3) is 4.69. The average molecular weight is 508 g/mol. The molecule has 0 amide bonds. The highest BCUT2D eigenvalue weighted by molar-refractivity contribution is 7.14. The number of aromatic nitrogens is 1. The van der Waals surface area contributed by atoms with E-state index in [2.05, 4.69) is 34.5 Å². The van der Waals surface area contributed by atoms with E-state index in [1.807, 2.05) is 30.3 Å². The molecule has 0 saturated carbocycles. The van der Waals surface area contributed by atoms with Crippen LogP contribution in [0, 0.1) is 0 Å². The molecule has 35 heavy (non-hydrogen) atoms. The summed E-state index contributed by atoms with van der Waals surface area (Å²) in [7, 11) is 0. The van der Waals surface area contributed by atoms with E-state index in [4.69, 9.17) is 25.4 Å². The van der Waals surface area contributed by atoms with Crippen molar-refractivity contribution in [1.29, 1.82) is 0 Å². The molecule has 2 aliphatic rings. The summed E-state index contributed by atoms with van der Waals surface area (Å²) in [6.07, 6.45) is 1.50. The van der Waals surface area contributed by atoms with E-state index >= 15 is 0 Å². The summed E-state index contributed by atoms with van der Waals surface area (Å²) in [4.78, 5) is 2.36. The van der Waals surface area contributed by atoms with Crippen LogP contribution in [0.25, 0.3) is 21.2 Å². The second-order valence-electron chi connectivity index (χ2n) is 9.02. The van der Waals surface area contributed by atoms with Crippen molar-refractivity contribution >= 4 is 44.7 Å². The first-order chi connectivity index (χ1) is 17.1. The first-order valence-electron chi connectivity index (χ1n) is 11.9. The summed E-state index contributed by atoms with van der Waals surface area (Å²) >= 11 is 8.13. The van der Waals surface area contributed by atoms with Crippen LogP contribution < -0.4 is 14.8 Å². The van der Waals surface area contributed by atoms with Gasteiger partial charge in [-0.25, -0.2) is 0 Å². The minimum Gasteiger partial charge on any atom is -0.486 e. The lowest BCUT2D eigenvalue weighted by atomic mass is 10.0. The van der Waals surface area contributed by atoms with Gasteiger partial charge in [0.2, 0.25) is 0 Å².